The third kappa shape index (κ3) is 12.0. The Bertz CT molecular complexity index is 2310. The Hall–Kier alpha value is -6.59. The van der Waals surface area contributed by atoms with E-state index < -0.39 is 70.3 Å². The standard InChI is InChI=1S/C44H44ClN5O11S/c1-27(51)58-26-39(60-29(3)53)41(61-30(4)54)38(59-28(2)52)24-37-40(48-47-35-18-16-33(45)17-19-35)42(49(5)25-31-12-8-6-9-13-31)62-44(37,32-14-10-7-11-15-32)43(55)46-34-20-22-36(23-21-34)50(56)57/h6-23,37-39,41H,24-26H2,1-5H3,(H,46,55)/t37-,38+,39+,41-,44+/m0/s1. The Kier molecular flexibility index (Phi) is 15.9. The number of thioether (sulfide) groups is 1. The Morgan fingerprint density at radius 2 is 1.37 bits per heavy atom. The number of nitrogens with one attached hydrogen (secondary N) is 1. The number of halogens is 1. The quantitative estimate of drug-likeness (QED) is 0.0329. The van der Waals surface area contributed by atoms with Crippen LogP contribution in [0.1, 0.15) is 45.2 Å². The predicted octanol–water partition coefficient (Wildman–Crippen LogP) is 8.28. The molecule has 0 saturated carbocycles. The van der Waals surface area contributed by atoms with Gasteiger partial charge in [0.05, 0.1) is 21.3 Å². The van der Waals surface area contributed by atoms with Gasteiger partial charge in [0, 0.05) is 70.0 Å². The van der Waals surface area contributed by atoms with Gasteiger partial charge in [-0.25, -0.2) is 0 Å². The lowest BCUT2D eigenvalue weighted by Crippen LogP contribution is -2.50. The molecule has 0 saturated heterocycles. The second-order valence-electron chi connectivity index (χ2n) is 14.1. The largest absolute Gasteiger partial charge is 0.462 e. The molecule has 1 heterocycles. The van der Waals surface area contributed by atoms with Crippen LogP contribution in [0.4, 0.5) is 17.1 Å². The van der Waals surface area contributed by atoms with Gasteiger partial charge in [0.15, 0.2) is 12.2 Å². The molecule has 0 fully saturated rings. The number of carbonyl (C=O) groups excluding carboxylic acids is 5. The van der Waals surface area contributed by atoms with E-state index in [1.807, 2.05) is 42.3 Å². The minimum atomic E-state index is -1.70. The average molecular weight is 886 g/mol. The zero-order valence-corrected chi connectivity index (χ0v) is 36.0. The third-order valence-electron chi connectivity index (χ3n) is 9.47. The summed E-state index contributed by atoms with van der Waals surface area (Å²) in [5.74, 6) is -4.93. The number of hydrogen-bond donors (Lipinski definition) is 1. The number of amides is 1. The summed E-state index contributed by atoms with van der Waals surface area (Å²) >= 11 is 7.34. The SMILES string of the molecule is CC(=O)OC[C@@H](OC(C)=O)[C@@H](OC(C)=O)[C@@H](C[C@H]1C(N=Nc2ccc(Cl)cc2)=C(N(C)Cc2ccccc2)S[C@]1(C(=O)Nc1ccc([N+](=O)[O-])cc1)c1ccccc1)OC(C)=O. The van der Waals surface area contributed by atoms with Crippen LogP contribution in [0.5, 0.6) is 0 Å². The fourth-order valence-electron chi connectivity index (χ4n) is 6.89. The second-order valence-corrected chi connectivity index (χ2v) is 15.8. The second kappa shape index (κ2) is 21.3. The van der Waals surface area contributed by atoms with E-state index in [-0.39, 0.29) is 23.5 Å². The molecule has 0 unspecified atom stereocenters. The van der Waals surface area contributed by atoms with Gasteiger partial charge in [0.25, 0.3) is 5.69 Å². The number of allylic oxidation sites excluding steroid dienone is 1. The molecule has 324 valence electrons. The molecule has 5 rings (SSSR count). The zero-order valence-electron chi connectivity index (χ0n) is 34.4. The highest BCUT2D eigenvalue weighted by molar-refractivity contribution is 8.04. The van der Waals surface area contributed by atoms with E-state index in [0.717, 1.165) is 45.0 Å². The van der Waals surface area contributed by atoms with Gasteiger partial charge in [-0.1, -0.05) is 84.0 Å². The number of carbonyl (C=O) groups is 5. The normalized spacial score (nSPS) is 17.4. The Morgan fingerprint density at radius 1 is 0.790 bits per heavy atom. The molecule has 62 heavy (non-hydrogen) atoms. The lowest BCUT2D eigenvalue weighted by Gasteiger charge is -2.38. The predicted molar refractivity (Wildman–Crippen MR) is 230 cm³/mol. The molecule has 18 heteroatoms. The highest BCUT2D eigenvalue weighted by atomic mass is 35.5. The van der Waals surface area contributed by atoms with E-state index in [4.69, 9.17) is 35.7 Å². The van der Waals surface area contributed by atoms with Crippen LogP contribution >= 0.6 is 23.4 Å². The maximum Gasteiger partial charge on any atom is 0.303 e. The first kappa shape index (κ1) is 46.5. The van der Waals surface area contributed by atoms with Crippen molar-refractivity contribution >= 4 is 70.2 Å². The molecule has 4 aromatic carbocycles. The summed E-state index contributed by atoms with van der Waals surface area (Å²) in [5, 5.41) is 24.8. The van der Waals surface area contributed by atoms with E-state index in [1.165, 1.54) is 24.3 Å². The number of nitrogens with zero attached hydrogens (tertiary/aromatic N) is 4. The average Bonchev–Trinajstić information content (AvgIpc) is 3.56. The molecular weight excluding hydrogens is 842 g/mol. The van der Waals surface area contributed by atoms with Crippen LogP contribution in [0.2, 0.25) is 5.02 Å². The number of ether oxygens (including phenoxy) is 4. The molecule has 5 atom stereocenters. The van der Waals surface area contributed by atoms with E-state index in [0.29, 0.717) is 27.8 Å². The first-order chi connectivity index (χ1) is 29.6. The molecule has 0 aliphatic carbocycles. The Morgan fingerprint density at radius 3 is 1.94 bits per heavy atom. The van der Waals surface area contributed by atoms with Crippen LogP contribution in [0.3, 0.4) is 0 Å². The van der Waals surface area contributed by atoms with Crippen molar-refractivity contribution in [3.8, 4) is 0 Å². The van der Waals surface area contributed by atoms with Gasteiger partial charge in [-0.15, -0.1) is 0 Å². The van der Waals surface area contributed by atoms with Crippen LogP contribution < -0.4 is 5.32 Å². The number of rotatable bonds is 18. The molecule has 1 aliphatic heterocycles. The van der Waals surface area contributed by atoms with Gasteiger partial charge in [0.2, 0.25) is 5.91 Å². The fourth-order valence-corrected chi connectivity index (χ4v) is 8.57. The molecule has 0 spiro atoms. The van der Waals surface area contributed by atoms with E-state index in [9.17, 15) is 29.3 Å². The van der Waals surface area contributed by atoms with Crippen molar-refractivity contribution in [2.45, 2.75) is 63.7 Å². The first-order valence-corrected chi connectivity index (χ1v) is 20.4. The smallest absolute Gasteiger partial charge is 0.303 e. The van der Waals surface area contributed by atoms with Crippen molar-refractivity contribution in [1.82, 2.24) is 4.90 Å². The fraction of sp³-hybridized carbons (Fsp3) is 0.295. The topological polar surface area (TPSA) is 205 Å². The number of anilines is 1. The van der Waals surface area contributed by atoms with Crippen LogP contribution in [0.25, 0.3) is 0 Å². The number of nitro groups is 1. The monoisotopic (exact) mass is 885 g/mol. The number of esters is 4. The number of azo groups is 1. The summed E-state index contributed by atoms with van der Waals surface area (Å²) < 4.78 is 20.8. The highest BCUT2D eigenvalue weighted by Gasteiger charge is 2.58. The summed E-state index contributed by atoms with van der Waals surface area (Å²) in [6.45, 7) is 4.24. The molecule has 1 aliphatic rings. The first-order valence-electron chi connectivity index (χ1n) is 19.2. The van der Waals surface area contributed by atoms with Gasteiger partial charge in [-0.2, -0.15) is 10.2 Å². The molecule has 0 aromatic heterocycles. The summed E-state index contributed by atoms with van der Waals surface area (Å²) in [6, 6.07) is 30.2. The van der Waals surface area contributed by atoms with Crippen molar-refractivity contribution in [2.24, 2.45) is 16.1 Å². The van der Waals surface area contributed by atoms with Gasteiger partial charge in [-0.3, -0.25) is 34.1 Å². The minimum absolute atomic E-state index is 0.193. The Balaban J connectivity index is 1.80. The van der Waals surface area contributed by atoms with Crippen molar-refractivity contribution in [3.05, 3.63) is 146 Å². The van der Waals surface area contributed by atoms with Crippen LogP contribution in [-0.2, 0) is 54.2 Å². The van der Waals surface area contributed by atoms with Gasteiger partial charge < -0.3 is 29.2 Å². The number of hydrogen-bond acceptors (Lipinski definition) is 15. The van der Waals surface area contributed by atoms with Crippen molar-refractivity contribution < 1.29 is 47.8 Å². The number of non-ortho nitro benzene ring substituents is 1. The van der Waals surface area contributed by atoms with Crippen LogP contribution in [0.15, 0.2) is 130 Å². The lowest BCUT2D eigenvalue weighted by molar-refractivity contribution is -0.384. The van der Waals surface area contributed by atoms with Crippen molar-refractivity contribution in [3.63, 3.8) is 0 Å². The lowest BCUT2D eigenvalue weighted by atomic mass is 9.78. The summed E-state index contributed by atoms with van der Waals surface area (Å²) in [4.78, 5) is 78.7. The molecule has 1 N–H and O–H groups in total. The van der Waals surface area contributed by atoms with Crippen molar-refractivity contribution in [2.75, 3.05) is 19.0 Å². The van der Waals surface area contributed by atoms with Gasteiger partial charge in [-0.05, 0) is 53.9 Å². The van der Waals surface area contributed by atoms with Gasteiger partial charge >= 0.3 is 23.9 Å². The molecule has 4 aromatic rings. The maximum absolute atomic E-state index is 15.4. The summed E-state index contributed by atoms with van der Waals surface area (Å²) in [5.41, 5.74) is 2.10. The van der Waals surface area contributed by atoms with Crippen LogP contribution in [0, 0.1) is 16.0 Å². The van der Waals surface area contributed by atoms with Gasteiger partial charge in [0.1, 0.15) is 17.5 Å². The summed E-state index contributed by atoms with van der Waals surface area (Å²) in [6.07, 6.45) is -4.89. The third-order valence-corrected chi connectivity index (χ3v) is 11.5. The molecule has 0 radical (unpaired) electrons. The van der Waals surface area contributed by atoms with E-state index >= 15 is 4.79 Å². The molecule has 1 amide bonds. The maximum atomic E-state index is 15.4. The van der Waals surface area contributed by atoms with Crippen molar-refractivity contribution in [1.29, 1.82) is 0 Å². The zero-order chi connectivity index (χ0) is 45.0. The minimum Gasteiger partial charge on any atom is -0.462 e. The van der Waals surface area contributed by atoms with E-state index in [1.54, 1.807) is 54.6 Å². The Labute approximate surface area is 366 Å². The highest BCUT2D eigenvalue weighted by Crippen LogP contribution is 2.60. The number of nitro benzene ring substituents is 1. The molecule has 16 nitrogen and oxygen atoms in total. The van der Waals surface area contributed by atoms with Crippen LogP contribution in [-0.4, -0.2) is 71.6 Å². The summed E-state index contributed by atoms with van der Waals surface area (Å²) in [7, 11) is 1.82. The number of benzene rings is 4. The molecule has 0 bridgehead atoms. The van der Waals surface area contributed by atoms with E-state index in [2.05, 4.69) is 10.4 Å². The molecular formula is C44H44ClN5O11S.